The molecule has 0 bridgehead atoms. The number of fused-ring (bicyclic) bond motifs is 1. The first-order chi connectivity index (χ1) is 12.3. The molecule has 3 heterocycles. The smallest absolute Gasteiger partial charge is 0.246 e. The molecule has 0 saturated carbocycles. The molecule has 25 heavy (non-hydrogen) atoms. The molecule has 1 saturated heterocycles. The number of piperazine rings is 1. The monoisotopic (exact) mass is 339 g/mol. The van der Waals surface area contributed by atoms with Crippen LogP contribution < -0.4 is 14.5 Å². The first kappa shape index (κ1) is 15.8. The van der Waals surface area contributed by atoms with Gasteiger partial charge in [0.05, 0.1) is 19.3 Å². The molecule has 7 heteroatoms. The van der Waals surface area contributed by atoms with Gasteiger partial charge in [-0.05, 0) is 31.7 Å². The fourth-order valence-electron chi connectivity index (χ4n) is 3.58. The number of aryl methyl sites for hydroxylation is 1. The van der Waals surface area contributed by atoms with E-state index >= 15 is 0 Å². The maximum Gasteiger partial charge on any atom is 0.246 e. The molecule has 0 aromatic carbocycles. The van der Waals surface area contributed by atoms with Crippen LogP contribution in [0.2, 0.25) is 0 Å². The van der Waals surface area contributed by atoms with E-state index < -0.39 is 0 Å². The van der Waals surface area contributed by atoms with Gasteiger partial charge in [0.1, 0.15) is 12.1 Å². The van der Waals surface area contributed by atoms with Crippen LogP contribution >= 0.6 is 0 Å². The first-order valence-corrected chi connectivity index (χ1v) is 8.64. The van der Waals surface area contributed by atoms with Crippen LogP contribution in [0.3, 0.4) is 0 Å². The van der Waals surface area contributed by atoms with E-state index in [9.17, 15) is 4.79 Å². The summed E-state index contributed by atoms with van der Waals surface area (Å²) >= 11 is 0. The normalized spacial score (nSPS) is 17.4. The molecule has 130 valence electrons. The highest BCUT2D eigenvalue weighted by Crippen LogP contribution is 2.29. The second-order valence-electron chi connectivity index (χ2n) is 6.35. The van der Waals surface area contributed by atoms with Gasteiger partial charge in [-0.25, -0.2) is 15.0 Å². The molecular weight excluding hydrogens is 318 g/mol. The van der Waals surface area contributed by atoms with Crippen molar-refractivity contribution in [1.29, 1.82) is 0 Å². The van der Waals surface area contributed by atoms with Gasteiger partial charge in [0.2, 0.25) is 11.8 Å². The minimum atomic E-state index is 0.0580. The first-order valence-electron chi connectivity index (χ1n) is 8.64. The maximum absolute atomic E-state index is 12.7. The number of methoxy groups -OCH3 is 1. The van der Waals surface area contributed by atoms with Crippen molar-refractivity contribution in [3.8, 4) is 5.88 Å². The number of pyridine rings is 1. The third-order valence-electron chi connectivity index (χ3n) is 4.86. The second-order valence-corrected chi connectivity index (χ2v) is 6.35. The Labute approximate surface area is 146 Å². The van der Waals surface area contributed by atoms with E-state index in [1.165, 1.54) is 12.0 Å². The Bertz CT molecular complexity index is 795. The molecule has 2 aromatic heterocycles. The standard InChI is InChI=1S/C18H21N5O2/c1-25-16-10-13(6-7-19-16)23-9-8-22(11-17(23)24)18-14-4-2-3-5-15(14)20-12-21-18/h6-7,10,12H,2-5,8-9,11H2,1H3. The van der Waals surface area contributed by atoms with Gasteiger partial charge >= 0.3 is 0 Å². The zero-order chi connectivity index (χ0) is 17.2. The van der Waals surface area contributed by atoms with Crippen LogP contribution in [0.25, 0.3) is 0 Å². The average Bonchev–Trinajstić information content (AvgIpc) is 2.67. The Morgan fingerprint density at radius 1 is 1.12 bits per heavy atom. The molecule has 0 unspecified atom stereocenters. The van der Waals surface area contributed by atoms with E-state index in [2.05, 4.69) is 19.9 Å². The van der Waals surface area contributed by atoms with Crippen molar-refractivity contribution in [1.82, 2.24) is 15.0 Å². The third-order valence-corrected chi connectivity index (χ3v) is 4.86. The lowest BCUT2D eigenvalue weighted by Crippen LogP contribution is -2.51. The molecule has 0 N–H and O–H groups in total. The summed E-state index contributed by atoms with van der Waals surface area (Å²) in [5, 5.41) is 0. The highest BCUT2D eigenvalue weighted by Gasteiger charge is 2.28. The molecule has 4 rings (SSSR count). The van der Waals surface area contributed by atoms with E-state index in [1.807, 2.05) is 6.07 Å². The average molecular weight is 339 g/mol. The second kappa shape index (κ2) is 6.66. The van der Waals surface area contributed by atoms with Gasteiger partial charge in [0.15, 0.2) is 0 Å². The van der Waals surface area contributed by atoms with Crippen molar-refractivity contribution in [2.24, 2.45) is 0 Å². The van der Waals surface area contributed by atoms with Crippen molar-refractivity contribution >= 4 is 17.4 Å². The molecule has 1 aliphatic heterocycles. The predicted octanol–water partition coefficient (Wildman–Crippen LogP) is 1.61. The molecule has 1 fully saturated rings. The van der Waals surface area contributed by atoms with Crippen LogP contribution in [-0.2, 0) is 17.6 Å². The van der Waals surface area contributed by atoms with Gasteiger partial charge in [0.25, 0.3) is 0 Å². The fraction of sp³-hybridized carbons (Fsp3) is 0.444. The summed E-state index contributed by atoms with van der Waals surface area (Å²) in [4.78, 5) is 29.6. The molecule has 7 nitrogen and oxygen atoms in total. The molecule has 2 aromatic rings. The van der Waals surface area contributed by atoms with Gasteiger partial charge in [0, 0.05) is 36.6 Å². The fourth-order valence-corrected chi connectivity index (χ4v) is 3.58. The summed E-state index contributed by atoms with van der Waals surface area (Å²) < 4.78 is 5.16. The highest BCUT2D eigenvalue weighted by molar-refractivity contribution is 5.97. The van der Waals surface area contributed by atoms with Crippen molar-refractivity contribution in [3.05, 3.63) is 35.9 Å². The van der Waals surface area contributed by atoms with E-state index in [1.54, 1.807) is 30.6 Å². The Morgan fingerprint density at radius 3 is 2.84 bits per heavy atom. The predicted molar refractivity (Wildman–Crippen MR) is 94.0 cm³/mol. The zero-order valence-corrected chi connectivity index (χ0v) is 14.3. The molecule has 0 spiro atoms. The number of nitrogens with zero attached hydrogens (tertiary/aromatic N) is 5. The summed E-state index contributed by atoms with van der Waals surface area (Å²) in [6, 6.07) is 3.63. The highest BCUT2D eigenvalue weighted by atomic mass is 16.5. The van der Waals surface area contributed by atoms with Gasteiger partial charge in [-0.1, -0.05) is 0 Å². The number of hydrogen-bond donors (Lipinski definition) is 0. The van der Waals surface area contributed by atoms with Gasteiger partial charge < -0.3 is 14.5 Å². The Hall–Kier alpha value is -2.70. The molecule has 1 aliphatic carbocycles. The number of anilines is 2. The lowest BCUT2D eigenvalue weighted by molar-refractivity contribution is -0.117. The van der Waals surface area contributed by atoms with Crippen molar-refractivity contribution in [3.63, 3.8) is 0 Å². The zero-order valence-electron chi connectivity index (χ0n) is 14.3. The number of amides is 1. The number of ether oxygens (including phenoxy) is 1. The Kier molecular flexibility index (Phi) is 4.21. The van der Waals surface area contributed by atoms with E-state index in [-0.39, 0.29) is 5.91 Å². The molecule has 1 amide bonds. The SMILES string of the molecule is COc1cc(N2CCN(c3ncnc4c3CCCC4)CC2=O)ccn1. The number of aromatic nitrogens is 3. The summed E-state index contributed by atoms with van der Waals surface area (Å²) in [6.07, 6.45) is 7.65. The van der Waals surface area contributed by atoms with Gasteiger partial charge in [-0.15, -0.1) is 0 Å². The van der Waals surface area contributed by atoms with E-state index in [4.69, 9.17) is 4.74 Å². The Balaban J connectivity index is 1.55. The van der Waals surface area contributed by atoms with Crippen molar-refractivity contribution in [2.75, 3.05) is 36.5 Å². The molecular formula is C18H21N5O2. The van der Waals surface area contributed by atoms with E-state index in [0.29, 0.717) is 19.0 Å². The number of carbonyl (C=O) groups is 1. The Morgan fingerprint density at radius 2 is 2.00 bits per heavy atom. The topological polar surface area (TPSA) is 71.5 Å². The minimum Gasteiger partial charge on any atom is -0.481 e. The number of rotatable bonds is 3. The third kappa shape index (κ3) is 3.01. The summed E-state index contributed by atoms with van der Waals surface area (Å²) in [5.41, 5.74) is 3.19. The molecule has 0 radical (unpaired) electrons. The van der Waals surface area contributed by atoms with Crippen molar-refractivity contribution in [2.45, 2.75) is 25.7 Å². The summed E-state index contributed by atoms with van der Waals surface area (Å²) in [5.74, 6) is 1.50. The largest absolute Gasteiger partial charge is 0.481 e. The number of hydrogen-bond acceptors (Lipinski definition) is 6. The molecule has 0 atom stereocenters. The van der Waals surface area contributed by atoms with Crippen LogP contribution in [0, 0.1) is 0 Å². The van der Waals surface area contributed by atoms with Crippen LogP contribution in [0.15, 0.2) is 24.7 Å². The van der Waals surface area contributed by atoms with Gasteiger partial charge in [-0.3, -0.25) is 4.79 Å². The maximum atomic E-state index is 12.7. The van der Waals surface area contributed by atoms with Gasteiger partial charge in [-0.2, -0.15) is 0 Å². The van der Waals surface area contributed by atoms with Crippen LogP contribution in [0.4, 0.5) is 11.5 Å². The summed E-state index contributed by atoms with van der Waals surface area (Å²) in [7, 11) is 1.57. The molecule has 2 aliphatic rings. The number of carbonyl (C=O) groups excluding carboxylic acids is 1. The van der Waals surface area contributed by atoms with Crippen molar-refractivity contribution < 1.29 is 9.53 Å². The summed E-state index contributed by atoms with van der Waals surface area (Å²) in [6.45, 7) is 1.69. The minimum absolute atomic E-state index is 0.0580. The lowest BCUT2D eigenvalue weighted by atomic mass is 9.96. The van der Waals surface area contributed by atoms with E-state index in [0.717, 1.165) is 43.0 Å². The quantitative estimate of drug-likeness (QED) is 0.846. The van der Waals surface area contributed by atoms with Crippen LogP contribution in [0.1, 0.15) is 24.1 Å². The lowest BCUT2D eigenvalue weighted by Gasteiger charge is -2.36. The van der Waals surface area contributed by atoms with Crippen LogP contribution in [-0.4, -0.2) is 47.6 Å². The van der Waals surface area contributed by atoms with Crippen LogP contribution in [0.5, 0.6) is 5.88 Å².